The number of ketones is 1. The van der Waals surface area contributed by atoms with Crippen LogP contribution in [0.5, 0.6) is 0 Å². The zero-order chi connectivity index (χ0) is 22.5. The molecule has 31 heavy (non-hydrogen) atoms. The summed E-state index contributed by atoms with van der Waals surface area (Å²) in [6.45, 7) is 3.63. The molecule has 2 aromatic rings. The van der Waals surface area contributed by atoms with E-state index in [-0.39, 0.29) is 11.7 Å². The molecule has 3 rings (SSSR count). The van der Waals surface area contributed by atoms with E-state index in [0.717, 1.165) is 5.56 Å². The smallest absolute Gasteiger partial charge is 0.405 e. The maximum Gasteiger partial charge on any atom is 0.405 e. The number of aryl methyl sites for hydroxylation is 1. The highest BCUT2D eigenvalue weighted by molar-refractivity contribution is 6.01. The molecule has 0 aromatic heterocycles. The summed E-state index contributed by atoms with van der Waals surface area (Å²) in [4.78, 5) is 50.6. The second-order valence-electron chi connectivity index (χ2n) is 7.56. The summed E-state index contributed by atoms with van der Waals surface area (Å²) >= 11 is 0. The molecule has 1 aliphatic rings. The normalized spacial score (nSPS) is 16.5. The van der Waals surface area contributed by atoms with Crippen LogP contribution in [-0.4, -0.2) is 46.3 Å². The van der Waals surface area contributed by atoms with Gasteiger partial charge < -0.3 is 20.6 Å². The van der Waals surface area contributed by atoms with Gasteiger partial charge in [0, 0.05) is 17.8 Å². The Bertz CT molecular complexity index is 1010. The molecule has 2 aromatic carbocycles. The molecular weight excluding hydrogens is 398 g/mol. The summed E-state index contributed by atoms with van der Waals surface area (Å²) in [5.74, 6) is -0.948. The van der Waals surface area contributed by atoms with Gasteiger partial charge in [-0.05, 0) is 43.9 Å². The fraction of sp³-hybridized carbons (Fsp3) is 0.304. The fourth-order valence-corrected chi connectivity index (χ4v) is 3.72. The van der Waals surface area contributed by atoms with Crippen LogP contribution in [0, 0.1) is 6.92 Å². The van der Waals surface area contributed by atoms with E-state index in [0.29, 0.717) is 36.2 Å². The Morgan fingerprint density at radius 1 is 1.10 bits per heavy atom. The third kappa shape index (κ3) is 5.09. The number of carboxylic acid groups (broad SMARTS) is 1. The lowest BCUT2D eigenvalue weighted by atomic mass is 10.0. The number of anilines is 1. The summed E-state index contributed by atoms with van der Waals surface area (Å²) in [6.07, 6.45) is -0.221. The van der Waals surface area contributed by atoms with Gasteiger partial charge in [0.15, 0.2) is 5.78 Å². The topological polar surface area (TPSA) is 116 Å². The van der Waals surface area contributed by atoms with Crippen molar-refractivity contribution in [3.8, 4) is 0 Å². The number of likely N-dealkylation sites (tertiary alicyclic amines) is 1. The highest BCUT2D eigenvalue weighted by Crippen LogP contribution is 2.26. The Balaban J connectivity index is 1.81. The molecule has 8 heteroatoms. The number of amides is 3. The quantitative estimate of drug-likeness (QED) is 0.618. The van der Waals surface area contributed by atoms with Gasteiger partial charge in [-0.1, -0.05) is 42.5 Å². The van der Waals surface area contributed by atoms with Gasteiger partial charge in [-0.2, -0.15) is 0 Å². The predicted molar refractivity (Wildman–Crippen MR) is 115 cm³/mol. The minimum atomic E-state index is -1.32. The standard InChI is InChI=1S/C23H25N3O5/c1-14-10-11-17(15(2)27)13-18(14)24-21(28)19-9-6-12-26(19)22(29)20(25-23(30)31)16-7-4-3-5-8-16/h3-5,7-8,10-11,13,19-20,25H,6,9,12H2,1-2H3,(H,24,28)(H,30,31)/t19-,20+/m0/s1. The van der Waals surface area contributed by atoms with E-state index in [2.05, 4.69) is 10.6 Å². The van der Waals surface area contributed by atoms with E-state index < -0.39 is 24.1 Å². The van der Waals surface area contributed by atoms with E-state index in [4.69, 9.17) is 0 Å². The van der Waals surface area contributed by atoms with Crippen molar-refractivity contribution in [1.82, 2.24) is 10.2 Å². The van der Waals surface area contributed by atoms with E-state index in [1.54, 1.807) is 48.5 Å². The molecule has 0 aliphatic carbocycles. The number of benzene rings is 2. The summed E-state index contributed by atoms with van der Waals surface area (Å²) in [5.41, 5.74) is 2.30. The molecule has 0 unspecified atom stereocenters. The molecule has 1 fully saturated rings. The van der Waals surface area contributed by atoms with Crippen LogP contribution in [0.25, 0.3) is 0 Å². The van der Waals surface area contributed by atoms with Crippen molar-refractivity contribution in [2.45, 2.75) is 38.8 Å². The summed E-state index contributed by atoms with van der Waals surface area (Å²) in [7, 11) is 0. The Hall–Kier alpha value is -3.68. The molecule has 0 saturated carbocycles. The number of carbonyl (C=O) groups is 4. The number of carbonyl (C=O) groups excluding carboxylic acids is 3. The van der Waals surface area contributed by atoms with Crippen LogP contribution >= 0.6 is 0 Å². The van der Waals surface area contributed by atoms with E-state index in [1.807, 2.05) is 6.92 Å². The van der Waals surface area contributed by atoms with Gasteiger partial charge in [0.25, 0.3) is 5.91 Å². The van der Waals surface area contributed by atoms with Crippen LogP contribution < -0.4 is 10.6 Å². The summed E-state index contributed by atoms with van der Waals surface area (Å²) in [6, 6.07) is 11.8. The van der Waals surface area contributed by atoms with Crippen molar-refractivity contribution >= 4 is 29.4 Å². The van der Waals surface area contributed by atoms with E-state index in [9.17, 15) is 24.3 Å². The maximum absolute atomic E-state index is 13.2. The van der Waals surface area contributed by atoms with Crippen molar-refractivity contribution in [3.63, 3.8) is 0 Å². The number of hydrogen-bond acceptors (Lipinski definition) is 4. The van der Waals surface area contributed by atoms with Crippen molar-refractivity contribution in [1.29, 1.82) is 0 Å². The Labute approximate surface area is 180 Å². The van der Waals surface area contributed by atoms with Crippen LogP contribution in [-0.2, 0) is 9.59 Å². The minimum absolute atomic E-state index is 0.112. The summed E-state index contributed by atoms with van der Waals surface area (Å²) in [5, 5.41) is 14.3. The molecule has 1 aliphatic heterocycles. The molecule has 3 N–H and O–H groups in total. The first-order valence-corrected chi connectivity index (χ1v) is 10.0. The number of nitrogens with one attached hydrogen (secondary N) is 2. The molecule has 8 nitrogen and oxygen atoms in total. The molecule has 2 atom stereocenters. The first kappa shape index (κ1) is 22.0. The van der Waals surface area contributed by atoms with Crippen LogP contribution in [0.2, 0.25) is 0 Å². The van der Waals surface area contributed by atoms with Gasteiger partial charge in [-0.3, -0.25) is 14.4 Å². The van der Waals surface area contributed by atoms with Gasteiger partial charge >= 0.3 is 6.09 Å². The molecule has 0 bridgehead atoms. The van der Waals surface area contributed by atoms with E-state index >= 15 is 0 Å². The molecule has 1 heterocycles. The molecule has 162 valence electrons. The Morgan fingerprint density at radius 3 is 2.45 bits per heavy atom. The monoisotopic (exact) mass is 423 g/mol. The number of Topliss-reactive ketones (excluding diaryl/α,β-unsaturated/α-hetero) is 1. The first-order valence-electron chi connectivity index (χ1n) is 10.0. The number of nitrogens with zero attached hydrogens (tertiary/aromatic N) is 1. The number of rotatable bonds is 6. The average molecular weight is 423 g/mol. The van der Waals surface area contributed by atoms with Gasteiger partial charge in [0.1, 0.15) is 12.1 Å². The third-order valence-electron chi connectivity index (χ3n) is 5.39. The lowest BCUT2D eigenvalue weighted by Gasteiger charge is -2.28. The third-order valence-corrected chi connectivity index (χ3v) is 5.39. The van der Waals surface area contributed by atoms with Crippen molar-refractivity contribution < 1.29 is 24.3 Å². The SMILES string of the molecule is CC(=O)c1ccc(C)c(NC(=O)[C@@H]2CCCN2C(=O)[C@H](NC(=O)O)c2ccccc2)c1. The maximum atomic E-state index is 13.2. The van der Waals surface area contributed by atoms with Gasteiger partial charge in [-0.15, -0.1) is 0 Å². The van der Waals surface area contributed by atoms with Crippen LogP contribution in [0.15, 0.2) is 48.5 Å². The molecular formula is C23H25N3O5. The lowest BCUT2D eigenvalue weighted by molar-refractivity contribution is -0.138. The first-order chi connectivity index (χ1) is 14.8. The lowest BCUT2D eigenvalue weighted by Crippen LogP contribution is -2.48. The molecule has 0 radical (unpaired) electrons. The highest BCUT2D eigenvalue weighted by Gasteiger charge is 2.38. The predicted octanol–water partition coefficient (Wildman–Crippen LogP) is 3.14. The van der Waals surface area contributed by atoms with Gasteiger partial charge in [0.2, 0.25) is 5.91 Å². The zero-order valence-corrected chi connectivity index (χ0v) is 17.4. The second-order valence-corrected chi connectivity index (χ2v) is 7.56. The van der Waals surface area contributed by atoms with Gasteiger partial charge in [-0.25, -0.2) is 4.79 Å². The van der Waals surface area contributed by atoms with Crippen LogP contribution in [0.1, 0.15) is 47.3 Å². The van der Waals surface area contributed by atoms with Gasteiger partial charge in [0.05, 0.1) is 0 Å². The molecule has 3 amide bonds. The largest absolute Gasteiger partial charge is 0.465 e. The highest BCUT2D eigenvalue weighted by atomic mass is 16.4. The van der Waals surface area contributed by atoms with Crippen LogP contribution in [0.3, 0.4) is 0 Å². The van der Waals surface area contributed by atoms with Crippen LogP contribution in [0.4, 0.5) is 10.5 Å². The molecule has 1 saturated heterocycles. The van der Waals surface area contributed by atoms with Crippen molar-refractivity contribution in [3.05, 3.63) is 65.2 Å². The van der Waals surface area contributed by atoms with Crippen molar-refractivity contribution in [2.75, 3.05) is 11.9 Å². The zero-order valence-electron chi connectivity index (χ0n) is 17.4. The Morgan fingerprint density at radius 2 is 1.81 bits per heavy atom. The van der Waals surface area contributed by atoms with Crippen molar-refractivity contribution in [2.24, 2.45) is 0 Å². The minimum Gasteiger partial charge on any atom is -0.465 e. The number of hydrogen-bond donors (Lipinski definition) is 3. The molecule has 0 spiro atoms. The summed E-state index contributed by atoms with van der Waals surface area (Å²) < 4.78 is 0. The second kappa shape index (κ2) is 9.42. The van der Waals surface area contributed by atoms with E-state index in [1.165, 1.54) is 11.8 Å². The Kier molecular flexibility index (Phi) is 6.69. The fourth-order valence-electron chi connectivity index (χ4n) is 3.72. The average Bonchev–Trinajstić information content (AvgIpc) is 3.23.